The average Bonchev–Trinajstić information content (AvgIpc) is 2.89. The summed E-state index contributed by atoms with van der Waals surface area (Å²) < 4.78 is 19.2. The van der Waals surface area contributed by atoms with Gasteiger partial charge in [-0.2, -0.15) is 5.10 Å². The van der Waals surface area contributed by atoms with Crippen molar-refractivity contribution >= 4 is 5.97 Å². The zero-order valence-corrected chi connectivity index (χ0v) is 9.91. The Morgan fingerprint density at radius 2 is 2.11 bits per heavy atom. The Morgan fingerprint density at radius 3 is 2.78 bits per heavy atom. The molecule has 0 saturated heterocycles. The molecule has 2 aromatic rings. The number of carbonyl (C=O) groups is 1. The lowest BCUT2D eigenvalue weighted by Gasteiger charge is -2.06. The van der Waals surface area contributed by atoms with E-state index in [1.165, 1.54) is 12.4 Å². The van der Waals surface area contributed by atoms with Crippen LogP contribution in [0.2, 0.25) is 0 Å². The minimum Gasteiger partial charge on any atom is -0.462 e. The number of benzene rings is 1. The quantitative estimate of drug-likeness (QED) is 0.781. The van der Waals surface area contributed by atoms with Gasteiger partial charge >= 0.3 is 5.97 Å². The van der Waals surface area contributed by atoms with Gasteiger partial charge in [0.1, 0.15) is 0 Å². The number of hydrogen-bond donors (Lipinski definition) is 0. The molecule has 0 fully saturated rings. The van der Waals surface area contributed by atoms with Gasteiger partial charge in [0.05, 0.1) is 12.8 Å². The van der Waals surface area contributed by atoms with Gasteiger partial charge in [-0.1, -0.05) is 30.3 Å². The van der Waals surface area contributed by atoms with E-state index in [-0.39, 0.29) is 6.61 Å². The van der Waals surface area contributed by atoms with Gasteiger partial charge in [-0.3, -0.25) is 0 Å². The van der Waals surface area contributed by atoms with Crippen LogP contribution >= 0.6 is 0 Å². The molecule has 1 aromatic heterocycles. The fourth-order valence-electron chi connectivity index (χ4n) is 1.56. The van der Waals surface area contributed by atoms with Crippen molar-refractivity contribution in [2.75, 3.05) is 6.61 Å². The van der Waals surface area contributed by atoms with Crippen LogP contribution in [0.3, 0.4) is 0 Å². The molecule has 0 amide bonds. The molecule has 1 unspecified atom stereocenters. The number of hydrogen-bond acceptors (Lipinski definition) is 3. The summed E-state index contributed by atoms with van der Waals surface area (Å²) in [6.07, 6.45) is 1.10. The van der Waals surface area contributed by atoms with Crippen LogP contribution in [0.15, 0.2) is 42.7 Å². The Labute approximate surface area is 104 Å². The van der Waals surface area contributed by atoms with Crippen molar-refractivity contribution in [2.45, 2.75) is 13.2 Å². The van der Waals surface area contributed by atoms with Crippen LogP contribution < -0.4 is 0 Å². The number of ether oxygens (including phenoxy) is 1. The highest BCUT2D eigenvalue weighted by atomic mass is 19.1. The Morgan fingerprint density at radius 1 is 1.39 bits per heavy atom. The van der Waals surface area contributed by atoms with E-state index in [4.69, 9.17) is 0 Å². The lowest BCUT2D eigenvalue weighted by molar-refractivity contribution is -0.153. The molecule has 2 rings (SSSR count). The summed E-state index contributed by atoms with van der Waals surface area (Å²) in [7, 11) is 0. The molecule has 0 saturated carbocycles. The van der Waals surface area contributed by atoms with E-state index >= 15 is 0 Å². The van der Waals surface area contributed by atoms with Crippen LogP contribution in [0.5, 0.6) is 0 Å². The average molecular weight is 248 g/mol. The summed E-state index contributed by atoms with van der Waals surface area (Å²) in [6.45, 7) is 1.77. The van der Waals surface area contributed by atoms with Gasteiger partial charge in [0.2, 0.25) is 0 Å². The number of carbonyl (C=O) groups excluding carboxylic acids is 1. The highest BCUT2D eigenvalue weighted by Gasteiger charge is 2.21. The fourth-order valence-corrected chi connectivity index (χ4v) is 1.56. The largest absolute Gasteiger partial charge is 0.462 e. The van der Waals surface area contributed by atoms with Crippen LogP contribution in [0.25, 0.3) is 11.1 Å². The number of rotatable bonds is 4. The molecule has 1 atom stereocenters. The molecule has 94 valence electrons. The minimum atomic E-state index is -1.90. The summed E-state index contributed by atoms with van der Waals surface area (Å²) in [5.74, 6) is -0.930. The Kier molecular flexibility index (Phi) is 3.72. The summed E-state index contributed by atoms with van der Waals surface area (Å²) in [6, 6.07) is 9.43. The smallest absolute Gasteiger partial charge is 0.363 e. The van der Waals surface area contributed by atoms with Gasteiger partial charge < -0.3 is 4.74 Å². The molecule has 0 aliphatic carbocycles. The number of halogens is 1. The first kappa shape index (κ1) is 12.3. The summed E-state index contributed by atoms with van der Waals surface area (Å²) >= 11 is 0. The molecule has 0 aliphatic heterocycles. The van der Waals surface area contributed by atoms with Gasteiger partial charge in [0, 0.05) is 11.8 Å². The second-order valence-corrected chi connectivity index (χ2v) is 3.66. The van der Waals surface area contributed by atoms with Gasteiger partial charge in [0.15, 0.2) is 0 Å². The molecule has 0 spiro atoms. The van der Waals surface area contributed by atoms with Crippen LogP contribution in [0.1, 0.15) is 13.2 Å². The predicted molar refractivity (Wildman–Crippen MR) is 64.4 cm³/mol. The number of esters is 1. The Balaban J connectivity index is 2.18. The lowest BCUT2D eigenvalue weighted by Crippen LogP contribution is -2.18. The maximum Gasteiger partial charge on any atom is 0.363 e. The van der Waals surface area contributed by atoms with E-state index in [2.05, 4.69) is 9.84 Å². The third-order valence-corrected chi connectivity index (χ3v) is 2.42. The highest BCUT2D eigenvalue weighted by Crippen LogP contribution is 2.20. The molecular formula is C13H13FN2O2. The number of alkyl halides is 1. The third-order valence-electron chi connectivity index (χ3n) is 2.42. The van der Waals surface area contributed by atoms with Crippen LogP contribution in [0, 0.1) is 0 Å². The Bertz CT molecular complexity index is 525. The van der Waals surface area contributed by atoms with Crippen molar-refractivity contribution in [3.8, 4) is 11.1 Å². The summed E-state index contributed by atoms with van der Waals surface area (Å²) in [5, 5.41) is 3.84. The molecule has 0 aliphatic rings. The number of aromatic nitrogens is 2. The lowest BCUT2D eigenvalue weighted by atomic mass is 10.1. The minimum absolute atomic E-state index is 0.145. The molecule has 1 heterocycles. The van der Waals surface area contributed by atoms with Gasteiger partial charge in [0.25, 0.3) is 6.30 Å². The van der Waals surface area contributed by atoms with Gasteiger partial charge in [-0.15, -0.1) is 0 Å². The summed E-state index contributed by atoms with van der Waals surface area (Å²) in [4.78, 5) is 11.2. The first-order valence-corrected chi connectivity index (χ1v) is 5.62. The predicted octanol–water partition coefficient (Wildman–Crippen LogP) is 2.58. The molecule has 0 bridgehead atoms. The fraction of sp³-hybridized carbons (Fsp3) is 0.231. The first-order chi connectivity index (χ1) is 8.72. The van der Waals surface area contributed by atoms with Crippen molar-refractivity contribution in [1.82, 2.24) is 9.78 Å². The maximum absolute atomic E-state index is 13.7. The first-order valence-electron chi connectivity index (χ1n) is 5.62. The van der Waals surface area contributed by atoms with E-state index in [0.29, 0.717) is 0 Å². The highest BCUT2D eigenvalue weighted by molar-refractivity contribution is 5.72. The molecular weight excluding hydrogens is 235 g/mol. The molecule has 5 heteroatoms. The normalized spacial score (nSPS) is 12.1. The van der Waals surface area contributed by atoms with Gasteiger partial charge in [-0.05, 0) is 12.5 Å². The second kappa shape index (κ2) is 5.44. The zero-order chi connectivity index (χ0) is 13.0. The van der Waals surface area contributed by atoms with Crippen LogP contribution in [0.4, 0.5) is 4.39 Å². The van der Waals surface area contributed by atoms with Crippen LogP contribution in [-0.2, 0) is 9.53 Å². The third kappa shape index (κ3) is 2.56. The van der Waals surface area contributed by atoms with E-state index in [1.54, 1.807) is 6.92 Å². The summed E-state index contributed by atoms with van der Waals surface area (Å²) in [5.41, 5.74) is 1.67. The molecule has 0 N–H and O–H groups in total. The van der Waals surface area contributed by atoms with Crippen molar-refractivity contribution in [2.24, 2.45) is 0 Å². The Hall–Kier alpha value is -2.17. The maximum atomic E-state index is 13.7. The van der Waals surface area contributed by atoms with Crippen LogP contribution in [-0.4, -0.2) is 22.4 Å². The topological polar surface area (TPSA) is 44.1 Å². The van der Waals surface area contributed by atoms with E-state index in [9.17, 15) is 9.18 Å². The van der Waals surface area contributed by atoms with Gasteiger partial charge in [-0.25, -0.2) is 13.9 Å². The van der Waals surface area contributed by atoms with Crippen molar-refractivity contribution in [1.29, 1.82) is 0 Å². The van der Waals surface area contributed by atoms with Crippen molar-refractivity contribution < 1.29 is 13.9 Å². The second-order valence-electron chi connectivity index (χ2n) is 3.66. The molecule has 1 aromatic carbocycles. The van der Waals surface area contributed by atoms with E-state index in [0.717, 1.165) is 15.8 Å². The van der Waals surface area contributed by atoms with E-state index < -0.39 is 12.3 Å². The molecule has 18 heavy (non-hydrogen) atoms. The monoisotopic (exact) mass is 248 g/mol. The number of nitrogens with zero attached hydrogens (tertiary/aromatic N) is 2. The molecule has 0 radical (unpaired) electrons. The SMILES string of the molecule is CCOC(=O)C(F)n1cc(-c2ccccc2)cn1. The van der Waals surface area contributed by atoms with Crippen molar-refractivity contribution in [3.63, 3.8) is 0 Å². The molecule has 4 nitrogen and oxygen atoms in total. The van der Waals surface area contributed by atoms with E-state index in [1.807, 2.05) is 30.3 Å². The standard InChI is InChI=1S/C13H13FN2O2/c1-2-18-13(17)12(14)16-9-11(8-15-16)10-6-4-3-5-7-10/h3-9,12H,2H2,1H3. The van der Waals surface area contributed by atoms with Crippen molar-refractivity contribution in [3.05, 3.63) is 42.7 Å². The zero-order valence-electron chi connectivity index (χ0n) is 9.91.